The molecule has 4 N–H and O–H groups in total. The normalized spacial score (nSPS) is 10.4. The number of nitrogens with two attached hydrogens (primary N) is 1. The fourth-order valence-electron chi connectivity index (χ4n) is 2.77. The minimum absolute atomic E-state index is 0.283. The van der Waals surface area contributed by atoms with Gasteiger partial charge in [0.1, 0.15) is 5.75 Å². The summed E-state index contributed by atoms with van der Waals surface area (Å²) in [5, 5.41) is 7.76. The smallest absolute Gasteiger partial charge is 0.315 e. The van der Waals surface area contributed by atoms with Crippen molar-refractivity contribution in [3.05, 3.63) is 77.4 Å². The molecule has 0 saturated heterocycles. The second-order valence-corrected chi connectivity index (χ2v) is 6.15. The van der Waals surface area contributed by atoms with Gasteiger partial charge in [-0.3, -0.25) is 4.79 Å². The maximum atomic E-state index is 12.0. The first-order valence-electron chi connectivity index (χ1n) is 8.52. The van der Waals surface area contributed by atoms with Gasteiger partial charge in [-0.2, -0.15) is 0 Å². The Labute approximate surface area is 157 Å². The fourth-order valence-corrected chi connectivity index (χ4v) is 2.77. The van der Waals surface area contributed by atoms with Crippen LogP contribution >= 0.6 is 0 Å². The van der Waals surface area contributed by atoms with Gasteiger partial charge < -0.3 is 21.1 Å². The number of rotatable bonds is 6. The van der Waals surface area contributed by atoms with Crippen LogP contribution in [0.25, 0.3) is 10.8 Å². The van der Waals surface area contributed by atoms with Gasteiger partial charge in [0.15, 0.2) is 0 Å². The van der Waals surface area contributed by atoms with Crippen LogP contribution in [-0.2, 0) is 13.1 Å². The lowest BCUT2D eigenvalue weighted by Crippen LogP contribution is -2.34. The molecule has 3 rings (SSSR count). The van der Waals surface area contributed by atoms with E-state index in [9.17, 15) is 9.59 Å². The zero-order valence-corrected chi connectivity index (χ0v) is 15.0. The van der Waals surface area contributed by atoms with Crippen molar-refractivity contribution < 1.29 is 14.3 Å². The van der Waals surface area contributed by atoms with Crippen molar-refractivity contribution in [1.82, 2.24) is 10.6 Å². The van der Waals surface area contributed by atoms with Crippen molar-refractivity contribution in [3.63, 3.8) is 0 Å². The highest BCUT2D eigenvalue weighted by Crippen LogP contribution is 2.21. The van der Waals surface area contributed by atoms with Crippen LogP contribution in [0, 0.1) is 0 Å². The highest BCUT2D eigenvalue weighted by atomic mass is 16.5. The van der Waals surface area contributed by atoms with Crippen molar-refractivity contribution >= 4 is 22.7 Å². The molecule has 138 valence electrons. The average Bonchev–Trinajstić information content (AvgIpc) is 2.70. The number of urea groups is 1. The Morgan fingerprint density at radius 1 is 0.889 bits per heavy atom. The number of ether oxygens (including phenoxy) is 1. The number of hydrogen-bond donors (Lipinski definition) is 3. The van der Waals surface area contributed by atoms with Crippen molar-refractivity contribution in [3.8, 4) is 5.75 Å². The van der Waals surface area contributed by atoms with Crippen LogP contribution in [0.1, 0.15) is 21.5 Å². The molecule has 0 atom stereocenters. The predicted molar refractivity (Wildman–Crippen MR) is 105 cm³/mol. The van der Waals surface area contributed by atoms with Crippen LogP contribution in [0.2, 0.25) is 0 Å². The molecule has 3 aromatic carbocycles. The molecule has 0 heterocycles. The molecule has 0 bridgehead atoms. The molecule has 0 radical (unpaired) electrons. The summed E-state index contributed by atoms with van der Waals surface area (Å²) in [5.74, 6) is 0.323. The standard InChI is InChI=1S/C21H21N3O3/c1-27-19-8-7-16-9-15(5-6-17(16)11-19)13-24-21(26)23-12-14-3-2-4-18(10-14)20(22)25/h2-11H,12-13H2,1H3,(H2,22,25)(H2,23,24,26). The summed E-state index contributed by atoms with van der Waals surface area (Å²) in [7, 11) is 1.64. The number of benzene rings is 3. The quantitative estimate of drug-likeness (QED) is 0.628. The van der Waals surface area contributed by atoms with Crippen LogP contribution in [0.5, 0.6) is 5.75 Å². The maximum absolute atomic E-state index is 12.0. The molecule has 6 heteroatoms. The Morgan fingerprint density at radius 2 is 1.56 bits per heavy atom. The van der Waals surface area contributed by atoms with Crippen LogP contribution in [0.4, 0.5) is 4.79 Å². The monoisotopic (exact) mass is 363 g/mol. The van der Waals surface area contributed by atoms with E-state index in [1.807, 2.05) is 42.5 Å². The zero-order chi connectivity index (χ0) is 19.2. The molecule has 0 spiro atoms. The summed E-state index contributed by atoms with van der Waals surface area (Å²) in [6, 6.07) is 18.5. The largest absolute Gasteiger partial charge is 0.497 e. The summed E-state index contributed by atoms with van der Waals surface area (Å²) in [6.07, 6.45) is 0. The minimum Gasteiger partial charge on any atom is -0.497 e. The molecular formula is C21H21N3O3. The summed E-state index contributed by atoms with van der Waals surface area (Å²) < 4.78 is 5.22. The van der Waals surface area contributed by atoms with E-state index in [2.05, 4.69) is 10.6 Å². The van der Waals surface area contributed by atoms with E-state index in [4.69, 9.17) is 10.5 Å². The number of carbonyl (C=O) groups is 2. The average molecular weight is 363 g/mol. The highest BCUT2D eigenvalue weighted by Gasteiger charge is 2.05. The molecule has 0 aliphatic rings. The number of nitrogens with one attached hydrogen (secondary N) is 2. The second-order valence-electron chi connectivity index (χ2n) is 6.15. The zero-order valence-electron chi connectivity index (χ0n) is 15.0. The fraction of sp³-hybridized carbons (Fsp3) is 0.143. The van der Waals surface area contributed by atoms with Gasteiger partial charge in [-0.1, -0.05) is 30.3 Å². The number of amides is 3. The van der Waals surface area contributed by atoms with Crippen LogP contribution in [0.15, 0.2) is 60.7 Å². The lowest BCUT2D eigenvalue weighted by molar-refractivity contribution is 0.1000. The number of hydrogen-bond acceptors (Lipinski definition) is 3. The molecule has 0 aliphatic carbocycles. The van der Waals surface area contributed by atoms with E-state index in [0.29, 0.717) is 18.7 Å². The summed E-state index contributed by atoms with van der Waals surface area (Å²) >= 11 is 0. The summed E-state index contributed by atoms with van der Waals surface area (Å²) in [4.78, 5) is 23.2. The molecule has 0 saturated carbocycles. The highest BCUT2D eigenvalue weighted by molar-refractivity contribution is 5.92. The van der Waals surface area contributed by atoms with E-state index < -0.39 is 5.91 Å². The third-order valence-electron chi connectivity index (χ3n) is 4.23. The number of methoxy groups -OCH3 is 1. The van der Waals surface area contributed by atoms with Gasteiger partial charge in [0.2, 0.25) is 5.91 Å². The first-order valence-corrected chi connectivity index (χ1v) is 8.52. The Morgan fingerprint density at radius 3 is 2.26 bits per heavy atom. The Kier molecular flexibility index (Phi) is 5.56. The van der Waals surface area contributed by atoms with Gasteiger partial charge in [0.25, 0.3) is 0 Å². The van der Waals surface area contributed by atoms with Crippen LogP contribution < -0.4 is 21.1 Å². The first kappa shape index (κ1) is 18.3. The lowest BCUT2D eigenvalue weighted by atomic mass is 10.1. The molecule has 6 nitrogen and oxygen atoms in total. The van der Waals surface area contributed by atoms with E-state index in [-0.39, 0.29) is 6.03 Å². The number of carbonyl (C=O) groups excluding carboxylic acids is 2. The Bertz CT molecular complexity index is 985. The molecule has 3 amide bonds. The van der Waals surface area contributed by atoms with E-state index >= 15 is 0 Å². The summed E-state index contributed by atoms with van der Waals surface area (Å²) in [5.41, 5.74) is 7.48. The van der Waals surface area contributed by atoms with Crippen LogP contribution in [-0.4, -0.2) is 19.0 Å². The van der Waals surface area contributed by atoms with Crippen molar-refractivity contribution in [2.45, 2.75) is 13.1 Å². The molecule has 0 aromatic heterocycles. The van der Waals surface area contributed by atoms with Crippen molar-refractivity contribution in [2.75, 3.05) is 7.11 Å². The SMILES string of the molecule is COc1ccc2cc(CNC(=O)NCc3cccc(C(N)=O)c3)ccc2c1. The van der Waals surface area contributed by atoms with Gasteiger partial charge >= 0.3 is 6.03 Å². The third-order valence-corrected chi connectivity index (χ3v) is 4.23. The van der Waals surface area contributed by atoms with Crippen molar-refractivity contribution in [2.24, 2.45) is 5.73 Å². The molecule has 0 unspecified atom stereocenters. The van der Waals surface area contributed by atoms with Gasteiger partial charge in [-0.15, -0.1) is 0 Å². The maximum Gasteiger partial charge on any atom is 0.315 e. The van der Waals surface area contributed by atoms with Crippen LogP contribution in [0.3, 0.4) is 0 Å². The minimum atomic E-state index is -0.491. The van der Waals surface area contributed by atoms with Gasteiger partial charge in [0.05, 0.1) is 7.11 Å². The van der Waals surface area contributed by atoms with Gasteiger partial charge in [-0.25, -0.2) is 4.79 Å². The Balaban J connectivity index is 1.55. The second kappa shape index (κ2) is 8.23. The number of primary amides is 1. The topological polar surface area (TPSA) is 93.4 Å². The molecule has 0 aliphatic heterocycles. The predicted octanol–water partition coefficient (Wildman–Crippen LogP) is 2.95. The molecular weight excluding hydrogens is 342 g/mol. The lowest BCUT2D eigenvalue weighted by Gasteiger charge is -2.09. The van der Waals surface area contributed by atoms with Crippen molar-refractivity contribution in [1.29, 1.82) is 0 Å². The van der Waals surface area contributed by atoms with Gasteiger partial charge in [0, 0.05) is 18.7 Å². The molecule has 3 aromatic rings. The van der Waals surface area contributed by atoms with E-state index in [0.717, 1.165) is 27.6 Å². The Hall–Kier alpha value is -3.54. The molecule has 0 fully saturated rings. The summed E-state index contributed by atoms with van der Waals surface area (Å²) in [6.45, 7) is 0.722. The van der Waals surface area contributed by atoms with E-state index in [1.54, 1.807) is 25.3 Å². The number of fused-ring (bicyclic) bond motifs is 1. The van der Waals surface area contributed by atoms with E-state index in [1.165, 1.54) is 0 Å². The third kappa shape index (κ3) is 4.76. The first-order chi connectivity index (χ1) is 13.0. The molecule has 27 heavy (non-hydrogen) atoms. The van der Waals surface area contributed by atoms with Gasteiger partial charge in [-0.05, 0) is 52.2 Å².